The number of aryl methyl sites for hydroxylation is 1. The molecular weight excluding hydrogens is 262 g/mol. The summed E-state index contributed by atoms with van der Waals surface area (Å²) < 4.78 is 5.42. The van der Waals surface area contributed by atoms with Crippen LogP contribution >= 0.6 is 0 Å². The number of nitrogen functional groups attached to an aromatic ring is 1. The van der Waals surface area contributed by atoms with Gasteiger partial charge in [-0.3, -0.25) is 0 Å². The van der Waals surface area contributed by atoms with Crippen molar-refractivity contribution in [2.75, 3.05) is 5.73 Å². The Hall–Kier alpha value is -2.62. The minimum Gasteiger partial charge on any atom is -0.398 e. The van der Waals surface area contributed by atoms with Crippen molar-refractivity contribution in [1.82, 2.24) is 10.1 Å². The van der Waals surface area contributed by atoms with E-state index in [-0.39, 0.29) is 5.92 Å². The molecule has 3 aromatic rings. The van der Waals surface area contributed by atoms with Crippen molar-refractivity contribution >= 4 is 5.69 Å². The van der Waals surface area contributed by atoms with Crippen LogP contribution in [0.2, 0.25) is 0 Å². The van der Waals surface area contributed by atoms with Crippen molar-refractivity contribution in [3.05, 3.63) is 65.0 Å². The highest BCUT2D eigenvalue weighted by Crippen LogP contribution is 2.39. The molecule has 1 aromatic heterocycles. The Morgan fingerprint density at radius 2 is 2.05 bits per heavy atom. The van der Waals surface area contributed by atoms with Crippen LogP contribution in [0.4, 0.5) is 5.69 Å². The minimum atomic E-state index is 0.240. The van der Waals surface area contributed by atoms with Gasteiger partial charge in [-0.2, -0.15) is 4.98 Å². The molecule has 21 heavy (non-hydrogen) atoms. The number of hydrogen-bond donors (Lipinski definition) is 1. The van der Waals surface area contributed by atoms with Gasteiger partial charge in [-0.15, -0.1) is 0 Å². The third-order valence-electron chi connectivity index (χ3n) is 4.05. The molecule has 104 valence electrons. The van der Waals surface area contributed by atoms with Gasteiger partial charge in [-0.25, -0.2) is 0 Å². The summed E-state index contributed by atoms with van der Waals surface area (Å²) in [6.45, 7) is 2.02. The molecule has 0 spiro atoms. The molecule has 0 saturated heterocycles. The van der Waals surface area contributed by atoms with Gasteiger partial charge in [0, 0.05) is 5.69 Å². The van der Waals surface area contributed by atoms with Crippen LogP contribution in [0.3, 0.4) is 0 Å². The molecule has 2 aromatic carbocycles. The number of aromatic nitrogens is 2. The van der Waals surface area contributed by atoms with Gasteiger partial charge >= 0.3 is 0 Å². The van der Waals surface area contributed by atoms with Gasteiger partial charge in [0.2, 0.25) is 0 Å². The van der Waals surface area contributed by atoms with Gasteiger partial charge in [-0.05, 0) is 36.6 Å². The molecule has 0 saturated carbocycles. The maximum atomic E-state index is 6.00. The van der Waals surface area contributed by atoms with E-state index in [1.54, 1.807) is 0 Å². The SMILES string of the molecule is Cc1ccc(N)c(-c2nc(C3Cc4ccccc43)no2)c1. The number of benzene rings is 2. The molecule has 0 amide bonds. The molecule has 1 heterocycles. The zero-order valence-corrected chi connectivity index (χ0v) is 11.7. The molecule has 2 N–H and O–H groups in total. The zero-order valence-electron chi connectivity index (χ0n) is 11.7. The topological polar surface area (TPSA) is 64.9 Å². The van der Waals surface area contributed by atoms with Crippen molar-refractivity contribution < 1.29 is 4.52 Å². The van der Waals surface area contributed by atoms with Gasteiger partial charge in [0.15, 0.2) is 5.82 Å². The molecule has 4 nitrogen and oxygen atoms in total. The second kappa shape index (κ2) is 4.45. The lowest BCUT2D eigenvalue weighted by atomic mass is 9.77. The lowest BCUT2D eigenvalue weighted by molar-refractivity contribution is 0.416. The molecule has 4 heteroatoms. The van der Waals surface area contributed by atoms with Crippen LogP contribution in [0.5, 0.6) is 0 Å². The van der Waals surface area contributed by atoms with Crippen LogP contribution < -0.4 is 5.73 Å². The summed E-state index contributed by atoms with van der Waals surface area (Å²) in [5.74, 6) is 1.48. The number of fused-ring (bicyclic) bond motifs is 1. The number of nitrogens with zero attached hydrogens (tertiary/aromatic N) is 2. The smallest absolute Gasteiger partial charge is 0.260 e. The first-order chi connectivity index (χ1) is 10.2. The quantitative estimate of drug-likeness (QED) is 0.730. The summed E-state index contributed by atoms with van der Waals surface area (Å²) in [5, 5.41) is 4.14. The average molecular weight is 277 g/mol. The van der Waals surface area contributed by atoms with Crippen molar-refractivity contribution in [3.8, 4) is 11.5 Å². The first-order valence-corrected chi connectivity index (χ1v) is 7.00. The maximum Gasteiger partial charge on any atom is 0.260 e. The summed E-state index contributed by atoms with van der Waals surface area (Å²) in [5.41, 5.74) is 11.2. The lowest BCUT2D eigenvalue weighted by Crippen LogP contribution is -2.19. The van der Waals surface area contributed by atoms with E-state index in [2.05, 4.69) is 28.3 Å². The van der Waals surface area contributed by atoms with E-state index in [4.69, 9.17) is 10.3 Å². The fraction of sp³-hybridized carbons (Fsp3) is 0.176. The second-order valence-corrected chi connectivity index (χ2v) is 5.50. The van der Waals surface area contributed by atoms with E-state index < -0.39 is 0 Å². The fourth-order valence-corrected chi connectivity index (χ4v) is 2.83. The van der Waals surface area contributed by atoms with Gasteiger partial charge in [0.25, 0.3) is 5.89 Å². The van der Waals surface area contributed by atoms with E-state index in [9.17, 15) is 0 Å². The normalized spacial score (nSPS) is 16.3. The molecule has 0 aliphatic heterocycles. The molecule has 4 rings (SSSR count). The summed E-state index contributed by atoms with van der Waals surface area (Å²) >= 11 is 0. The number of hydrogen-bond acceptors (Lipinski definition) is 4. The number of nitrogens with two attached hydrogens (primary N) is 1. The third-order valence-corrected chi connectivity index (χ3v) is 4.05. The maximum absolute atomic E-state index is 6.00. The van der Waals surface area contributed by atoms with Crippen molar-refractivity contribution in [2.45, 2.75) is 19.3 Å². The summed E-state index contributed by atoms with van der Waals surface area (Å²) in [6.07, 6.45) is 0.971. The molecule has 0 radical (unpaired) electrons. The Morgan fingerprint density at radius 3 is 2.90 bits per heavy atom. The van der Waals surface area contributed by atoms with Crippen molar-refractivity contribution in [1.29, 1.82) is 0 Å². The highest BCUT2D eigenvalue weighted by atomic mass is 16.5. The van der Waals surface area contributed by atoms with Crippen LogP contribution in [-0.4, -0.2) is 10.1 Å². The van der Waals surface area contributed by atoms with Gasteiger partial charge < -0.3 is 10.3 Å². The molecule has 1 atom stereocenters. The molecule has 1 aliphatic rings. The van der Waals surface area contributed by atoms with Crippen molar-refractivity contribution in [2.24, 2.45) is 0 Å². The summed E-state index contributed by atoms with van der Waals surface area (Å²) in [6, 6.07) is 14.2. The van der Waals surface area contributed by atoms with Crippen LogP contribution in [0.1, 0.15) is 28.4 Å². The van der Waals surface area contributed by atoms with Crippen LogP contribution in [-0.2, 0) is 6.42 Å². The lowest BCUT2D eigenvalue weighted by Gasteiger charge is -2.27. The number of anilines is 1. The average Bonchev–Trinajstić information content (AvgIpc) is 2.92. The van der Waals surface area contributed by atoms with E-state index in [1.165, 1.54) is 11.1 Å². The Balaban J connectivity index is 1.70. The fourth-order valence-electron chi connectivity index (χ4n) is 2.83. The predicted molar refractivity (Wildman–Crippen MR) is 80.9 cm³/mol. The first kappa shape index (κ1) is 12.1. The molecule has 0 fully saturated rings. The van der Waals surface area contributed by atoms with Gasteiger partial charge in [0.1, 0.15) is 0 Å². The van der Waals surface area contributed by atoms with E-state index in [0.717, 1.165) is 23.4 Å². The highest BCUT2D eigenvalue weighted by Gasteiger charge is 2.31. The summed E-state index contributed by atoms with van der Waals surface area (Å²) in [4.78, 5) is 4.55. The largest absolute Gasteiger partial charge is 0.398 e. The Labute approximate surface area is 122 Å². The summed E-state index contributed by atoms with van der Waals surface area (Å²) in [7, 11) is 0. The molecule has 1 aliphatic carbocycles. The Bertz CT molecular complexity index is 822. The highest BCUT2D eigenvalue weighted by molar-refractivity contribution is 5.71. The zero-order chi connectivity index (χ0) is 14.4. The minimum absolute atomic E-state index is 0.240. The predicted octanol–water partition coefficient (Wildman–Crippen LogP) is 3.32. The van der Waals surface area contributed by atoms with Crippen LogP contribution in [0.25, 0.3) is 11.5 Å². The second-order valence-electron chi connectivity index (χ2n) is 5.50. The van der Waals surface area contributed by atoms with E-state index >= 15 is 0 Å². The molecule has 0 bridgehead atoms. The number of rotatable bonds is 2. The first-order valence-electron chi connectivity index (χ1n) is 7.00. The molecule has 1 unspecified atom stereocenters. The van der Waals surface area contributed by atoms with Crippen LogP contribution in [0, 0.1) is 6.92 Å². The van der Waals surface area contributed by atoms with Gasteiger partial charge in [-0.1, -0.05) is 41.1 Å². The van der Waals surface area contributed by atoms with Crippen molar-refractivity contribution in [3.63, 3.8) is 0 Å². The third kappa shape index (κ3) is 1.91. The van der Waals surface area contributed by atoms with E-state index in [1.807, 2.05) is 31.2 Å². The Kier molecular flexibility index (Phi) is 2.57. The Morgan fingerprint density at radius 1 is 1.19 bits per heavy atom. The van der Waals surface area contributed by atoms with Gasteiger partial charge in [0.05, 0.1) is 11.5 Å². The monoisotopic (exact) mass is 277 g/mol. The van der Waals surface area contributed by atoms with E-state index in [0.29, 0.717) is 11.6 Å². The standard InChI is InChI=1S/C17H15N3O/c1-10-6-7-15(18)14(8-10)17-19-16(20-21-17)13-9-11-4-2-3-5-12(11)13/h2-8,13H,9,18H2,1H3. The van der Waals surface area contributed by atoms with Crippen LogP contribution in [0.15, 0.2) is 47.0 Å². The molecular formula is C17H15N3O.